The second-order valence-electron chi connectivity index (χ2n) is 6.28. The number of aromatic nitrogens is 1. The third-order valence-corrected chi connectivity index (χ3v) is 5.04. The number of nitrogens with one attached hydrogen (secondary N) is 1. The normalized spacial score (nSPS) is 20.3. The van der Waals surface area contributed by atoms with E-state index in [0.29, 0.717) is 23.5 Å². The summed E-state index contributed by atoms with van der Waals surface area (Å²) in [6, 6.07) is 10.7. The Kier molecular flexibility index (Phi) is 3.21. The summed E-state index contributed by atoms with van der Waals surface area (Å²) in [5, 5.41) is 12.6. The van der Waals surface area contributed by atoms with Crippen LogP contribution in [0, 0.1) is 18.3 Å². The maximum Gasteiger partial charge on any atom is 0.259 e. The number of nitriles is 1. The number of carbonyl (C=O) groups is 1. The second kappa shape index (κ2) is 5.23. The fraction of sp³-hybridized carbons (Fsp3) is 0.211. The van der Waals surface area contributed by atoms with E-state index in [-0.39, 0.29) is 28.3 Å². The molecule has 1 aromatic heterocycles. The Morgan fingerprint density at radius 2 is 2.08 bits per heavy atom. The van der Waals surface area contributed by atoms with Gasteiger partial charge in [0.05, 0.1) is 5.56 Å². The molecule has 0 unspecified atom stereocenters. The fourth-order valence-corrected chi connectivity index (χ4v) is 3.93. The predicted molar refractivity (Wildman–Crippen MR) is 94.4 cm³/mol. The minimum atomic E-state index is -1.61. The van der Waals surface area contributed by atoms with Crippen LogP contribution in [0.5, 0.6) is 5.75 Å². The molecule has 0 saturated heterocycles. The predicted octanol–water partition coefficient (Wildman–Crippen LogP) is 1.50. The van der Waals surface area contributed by atoms with Gasteiger partial charge in [0.2, 0.25) is 11.8 Å². The van der Waals surface area contributed by atoms with E-state index in [9.17, 15) is 14.9 Å². The monoisotopic (exact) mass is 348 g/mol. The molecular weight excluding hydrogens is 332 g/mol. The zero-order valence-corrected chi connectivity index (χ0v) is 14.3. The molecule has 2 aliphatic rings. The number of benzene rings is 1. The molecule has 0 radical (unpaired) electrons. The molecule has 7 nitrogen and oxygen atoms in total. The van der Waals surface area contributed by atoms with Crippen LogP contribution in [0.3, 0.4) is 0 Å². The average Bonchev–Trinajstić information content (AvgIpc) is 2.88. The number of amides is 1. The molecule has 1 spiro atoms. The Morgan fingerprint density at radius 1 is 1.35 bits per heavy atom. The van der Waals surface area contributed by atoms with E-state index < -0.39 is 11.3 Å². The maximum atomic E-state index is 13.3. The summed E-state index contributed by atoms with van der Waals surface area (Å²) in [5.74, 6) is -0.438. The van der Waals surface area contributed by atoms with Crippen molar-refractivity contribution in [1.82, 2.24) is 4.57 Å². The molecule has 3 N–H and O–H groups in total. The Hall–Kier alpha value is -3.53. The van der Waals surface area contributed by atoms with E-state index in [4.69, 9.17) is 10.5 Å². The molecule has 1 atom stereocenters. The molecule has 2 aromatic rings. The van der Waals surface area contributed by atoms with E-state index in [1.165, 1.54) is 0 Å². The van der Waals surface area contributed by atoms with Crippen molar-refractivity contribution in [1.29, 1.82) is 5.26 Å². The number of nitrogens with two attached hydrogens (primary N) is 1. The molecule has 7 heteroatoms. The topological polar surface area (TPSA) is 110 Å². The van der Waals surface area contributed by atoms with E-state index in [0.717, 1.165) is 0 Å². The first-order chi connectivity index (χ1) is 12.5. The van der Waals surface area contributed by atoms with Crippen LogP contribution in [-0.2, 0) is 16.8 Å². The number of anilines is 1. The summed E-state index contributed by atoms with van der Waals surface area (Å²) in [6.07, 6.45) is 0. The van der Waals surface area contributed by atoms with Crippen LogP contribution in [0.15, 0.2) is 46.6 Å². The van der Waals surface area contributed by atoms with Gasteiger partial charge in [-0.1, -0.05) is 18.2 Å². The Balaban J connectivity index is 2.22. The highest BCUT2D eigenvalue weighted by atomic mass is 16.5. The first-order valence-electron chi connectivity index (χ1n) is 8.20. The van der Waals surface area contributed by atoms with Gasteiger partial charge in [-0.05, 0) is 19.9 Å². The lowest BCUT2D eigenvalue weighted by Crippen LogP contribution is -2.47. The van der Waals surface area contributed by atoms with Crippen molar-refractivity contribution in [2.24, 2.45) is 5.73 Å². The van der Waals surface area contributed by atoms with Gasteiger partial charge in [-0.15, -0.1) is 0 Å². The Labute approximate surface area is 149 Å². The number of aryl methyl sites for hydroxylation is 1. The number of hydrogen-bond acceptors (Lipinski definition) is 5. The zero-order chi connectivity index (χ0) is 18.6. The summed E-state index contributed by atoms with van der Waals surface area (Å²) in [6.45, 7) is 4.05. The van der Waals surface area contributed by atoms with Crippen LogP contribution < -0.4 is 21.3 Å². The highest BCUT2D eigenvalue weighted by Gasteiger charge is 2.58. The lowest BCUT2D eigenvalue weighted by molar-refractivity contribution is -0.118. The standard InChI is InChI=1S/C19H16N4O3/c1-3-23-10(2)8-14-15(17(23)24)19(12(9-20)16(21)26-14)11-6-4-5-7-13(11)22-18(19)25/h4-8H,3,21H2,1-2H3,(H,22,25)/t19-/m1/s1. The summed E-state index contributed by atoms with van der Waals surface area (Å²) in [4.78, 5) is 26.4. The van der Waals surface area contributed by atoms with Crippen molar-refractivity contribution in [2.45, 2.75) is 25.8 Å². The van der Waals surface area contributed by atoms with Crippen molar-refractivity contribution >= 4 is 11.6 Å². The SMILES string of the molecule is CCn1c(C)cc2c(c1=O)[C@]1(C(=O)Nc3ccccc31)C(C#N)=C(N)O2. The van der Waals surface area contributed by atoms with Crippen LogP contribution in [0.2, 0.25) is 0 Å². The number of nitrogens with zero attached hydrogens (tertiary/aromatic N) is 2. The molecule has 4 rings (SSSR count). The molecular formula is C19H16N4O3. The van der Waals surface area contributed by atoms with Crippen molar-refractivity contribution in [3.05, 3.63) is 69.0 Å². The largest absolute Gasteiger partial charge is 0.440 e. The quantitative estimate of drug-likeness (QED) is 0.811. The smallest absolute Gasteiger partial charge is 0.259 e. The molecule has 130 valence electrons. The molecule has 3 heterocycles. The molecule has 1 amide bonds. The van der Waals surface area contributed by atoms with Crippen LogP contribution in [-0.4, -0.2) is 10.5 Å². The van der Waals surface area contributed by atoms with Crippen LogP contribution in [0.4, 0.5) is 5.69 Å². The highest BCUT2D eigenvalue weighted by Crippen LogP contribution is 2.51. The van der Waals surface area contributed by atoms with Crippen LogP contribution in [0.25, 0.3) is 0 Å². The fourth-order valence-electron chi connectivity index (χ4n) is 3.93. The number of hydrogen-bond donors (Lipinski definition) is 2. The van der Waals surface area contributed by atoms with Crippen molar-refractivity contribution in [3.63, 3.8) is 0 Å². The van der Waals surface area contributed by atoms with Crippen LogP contribution in [0.1, 0.15) is 23.7 Å². The molecule has 0 bridgehead atoms. The molecule has 0 aliphatic carbocycles. The number of ether oxygens (including phenoxy) is 1. The lowest BCUT2D eigenvalue weighted by Gasteiger charge is -2.33. The first-order valence-corrected chi connectivity index (χ1v) is 8.20. The van der Waals surface area contributed by atoms with Gasteiger partial charge in [0.15, 0.2) is 5.41 Å². The van der Waals surface area contributed by atoms with Crippen molar-refractivity contribution < 1.29 is 9.53 Å². The molecule has 26 heavy (non-hydrogen) atoms. The van der Waals surface area contributed by atoms with E-state index in [1.54, 1.807) is 41.8 Å². The minimum Gasteiger partial charge on any atom is -0.440 e. The number of pyridine rings is 1. The summed E-state index contributed by atoms with van der Waals surface area (Å²) < 4.78 is 7.14. The van der Waals surface area contributed by atoms with Crippen LogP contribution >= 0.6 is 0 Å². The summed E-state index contributed by atoms with van der Waals surface area (Å²) in [5.41, 5.74) is 5.83. The number of carbonyl (C=O) groups excluding carboxylic acids is 1. The molecule has 0 saturated carbocycles. The first kappa shape index (κ1) is 16.0. The van der Waals surface area contributed by atoms with Gasteiger partial charge < -0.3 is 20.4 Å². The van der Waals surface area contributed by atoms with Gasteiger partial charge in [-0.25, -0.2) is 0 Å². The summed E-state index contributed by atoms with van der Waals surface area (Å²) in [7, 11) is 0. The van der Waals surface area contributed by atoms with Gasteiger partial charge in [0.1, 0.15) is 17.4 Å². The molecule has 1 aromatic carbocycles. The summed E-state index contributed by atoms with van der Waals surface area (Å²) >= 11 is 0. The van der Waals surface area contributed by atoms with Crippen molar-refractivity contribution in [2.75, 3.05) is 5.32 Å². The minimum absolute atomic E-state index is 0.0731. The number of rotatable bonds is 1. The number of fused-ring (bicyclic) bond motifs is 4. The van der Waals surface area contributed by atoms with Gasteiger partial charge in [-0.2, -0.15) is 5.26 Å². The van der Waals surface area contributed by atoms with Gasteiger partial charge in [0, 0.05) is 29.6 Å². The second-order valence-corrected chi connectivity index (χ2v) is 6.28. The van der Waals surface area contributed by atoms with Gasteiger partial charge >= 0.3 is 0 Å². The third-order valence-electron chi connectivity index (χ3n) is 5.04. The highest BCUT2D eigenvalue weighted by molar-refractivity contribution is 6.12. The molecule has 2 aliphatic heterocycles. The maximum absolute atomic E-state index is 13.3. The zero-order valence-electron chi connectivity index (χ0n) is 14.3. The van der Waals surface area contributed by atoms with Gasteiger partial charge in [-0.3, -0.25) is 9.59 Å². The number of para-hydroxylation sites is 1. The van der Waals surface area contributed by atoms with Crippen molar-refractivity contribution in [3.8, 4) is 11.8 Å². The Morgan fingerprint density at radius 3 is 2.77 bits per heavy atom. The molecule has 0 fully saturated rings. The van der Waals surface area contributed by atoms with E-state index in [1.807, 2.05) is 13.0 Å². The van der Waals surface area contributed by atoms with Gasteiger partial charge in [0.25, 0.3) is 5.56 Å². The van der Waals surface area contributed by atoms with E-state index in [2.05, 4.69) is 5.32 Å². The third kappa shape index (κ3) is 1.70. The van der Waals surface area contributed by atoms with E-state index >= 15 is 0 Å². The lowest BCUT2D eigenvalue weighted by atomic mass is 9.69. The average molecular weight is 348 g/mol. The Bertz CT molecular complexity index is 1110.